The van der Waals surface area contributed by atoms with Gasteiger partial charge in [-0.05, 0) is 104 Å². The minimum atomic E-state index is -1.80. The van der Waals surface area contributed by atoms with Crippen molar-refractivity contribution in [2.45, 2.75) is 135 Å². The molecule has 0 aliphatic heterocycles. The van der Waals surface area contributed by atoms with Gasteiger partial charge in [-0.3, -0.25) is 43.2 Å². The van der Waals surface area contributed by atoms with E-state index < -0.39 is 179 Å². The lowest BCUT2D eigenvalue weighted by molar-refractivity contribution is -0.161. The van der Waals surface area contributed by atoms with E-state index in [1.807, 2.05) is 22.6 Å². The second kappa shape index (κ2) is 37.6. The van der Waals surface area contributed by atoms with Crippen molar-refractivity contribution in [3.05, 3.63) is 0 Å². The molecular weight excluding hydrogens is 1580 g/mol. The molecule has 0 saturated heterocycles. The van der Waals surface area contributed by atoms with Gasteiger partial charge in [-0.1, -0.05) is 102 Å². The number of halogens is 6. The average Bonchev–Trinajstić information content (AvgIpc) is 3.43. The van der Waals surface area contributed by atoms with Crippen molar-refractivity contribution in [3.63, 3.8) is 0 Å². The maximum absolute atomic E-state index is 14.8. The van der Waals surface area contributed by atoms with E-state index in [9.17, 15) is 48.3 Å². The van der Waals surface area contributed by atoms with Crippen LogP contribution in [0.5, 0.6) is 0 Å². The van der Waals surface area contributed by atoms with Crippen molar-refractivity contribution in [3.8, 4) is 0 Å². The highest BCUT2D eigenvalue weighted by molar-refractivity contribution is 14.1. The molecule has 0 saturated carbocycles. The summed E-state index contributed by atoms with van der Waals surface area (Å²) < 4.78 is 54.8. The normalized spacial score (nSPS) is 14.0. The van der Waals surface area contributed by atoms with Crippen LogP contribution in [0.3, 0.4) is 0 Å². The first-order valence-corrected chi connectivity index (χ1v) is 32.3. The number of hydrogen-bond acceptors (Lipinski definition) is 22. The van der Waals surface area contributed by atoms with Gasteiger partial charge in [0.05, 0.1) is 72.7 Å². The summed E-state index contributed by atoms with van der Waals surface area (Å²) in [6.45, 7) is 17.8. The van der Waals surface area contributed by atoms with E-state index in [0.29, 0.717) is 0 Å². The number of nitrogens with one attached hydrogen (secondary N) is 3. The molecule has 5 N–H and O–H groups in total. The van der Waals surface area contributed by atoms with Gasteiger partial charge in [-0.15, -0.1) is 0 Å². The Morgan fingerprint density at radius 1 is 0.372 bits per heavy atom. The van der Waals surface area contributed by atoms with Gasteiger partial charge in [-0.2, -0.15) is 0 Å². The van der Waals surface area contributed by atoms with Gasteiger partial charge in [0.1, 0.15) is 87.0 Å². The molecule has 3 amide bonds. The minimum Gasteiger partial charge on any atom is -0.463 e. The summed E-state index contributed by atoms with van der Waals surface area (Å²) in [5.41, 5.74) is -7.03. The smallest absolute Gasteiger partial charge is 0.322 e. The summed E-state index contributed by atoms with van der Waals surface area (Å²) in [7, 11) is 0. The zero-order chi connectivity index (χ0) is 66.8. The van der Waals surface area contributed by atoms with Crippen LogP contribution >= 0.6 is 102 Å². The average molecular weight is 1670 g/mol. The largest absolute Gasteiger partial charge is 0.463 e. The molecule has 0 spiro atoms. The molecule has 0 aromatic heterocycles. The number of rotatable bonds is 44. The predicted molar refractivity (Wildman–Crippen MR) is 342 cm³/mol. The monoisotopic (exact) mass is 1670 g/mol. The molecule has 0 bridgehead atoms. The first-order valence-electron chi connectivity index (χ1n) is 27.3. The molecule has 2 unspecified atom stereocenters. The number of amides is 3. The molecule has 0 heterocycles. The van der Waals surface area contributed by atoms with Crippen molar-refractivity contribution in [1.82, 2.24) is 16.0 Å². The van der Waals surface area contributed by atoms with Gasteiger partial charge >= 0.3 is 35.8 Å². The van der Waals surface area contributed by atoms with Crippen molar-refractivity contribution in [1.29, 1.82) is 0 Å². The highest BCUT2D eigenvalue weighted by Gasteiger charge is 2.46. The lowest BCUT2D eigenvalue weighted by Gasteiger charge is -2.38. The summed E-state index contributed by atoms with van der Waals surface area (Å²) in [6.07, 6.45) is -0.979. The van der Waals surface area contributed by atoms with Gasteiger partial charge in [0.2, 0.25) is 17.7 Å². The Hall–Kier alpha value is -1.92. The molecule has 0 aliphatic carbocycles. The molecule has 86 heavy (non-hydrogen) atoms. The van der Waals surface area contributed by atoms with Crippen LogP contribution in [0.4, 0.5) is 0 Å². The topological polar surface area (TPSA) is 332 Å². The quantitative estimate of drug-likeness (QED) is 0.0174. The summed E-state index contributed by atoms with van der Waals surface area (Å²) in [6, 6.07) is 0. The van der Waals surface area contributed by atoms with Crippen LogP contribution in [0.25, 0.3) is 0 Å². The van der Waals surface area contributed by atoms with E-state index >= 15 is 0 Å². The summed E-state index contributed by atoms with van der Waals surface area (Å²) in [4.78, 5) is 123. The van der Waals surface area contributed by atoms with E-state index in [0.717, 1.165) is 0 Å². The predicted octanol–water partition coefficient (Wildman–Crippen LogP) is 5.12. The molecule has 25 nitrogen and oxygen atoms in total. The summed E-state index contributed by atoms with van der Waals surface area (Å²) >= 11 is 18.2. The van der Waals surface area contributed by atoms with E-state index in [-0.39, 0.29) is 59.5 Å². The molecule has 0 aliphatic rings. The molecule has 500 valence electrons. The number of ether oxygens (including phenoxy) is 11. The fourth-order valence-electron chi connectivity index (χ4n) is 6.02. The fourth-order valence-corrected chi connectivity index (χ4v) is 6.75. The van der Waals surface area contributed by atoms with Crippen molar-refractivity contribution >= 4 is 156 Å². The maximum Gasteiger partial charge on any atom is 0.322 e. The zero-order valence-electron chi connectivity index (χ0n) is 52.0. The molecule has 0 fully saturated rings. The van der Waals surface area contributed by atoms with Gasteiger partial charge in [-0.25, -0.2) is 0 Å². The van der Waals surface area contributed by atoms with Crippen molar-refractivity contribution in [2.75, 3.05) is 132 Å². The van der Waals surface area contributed by atoms with Crippen LogP contribution in [0.1, 0.15) is 104 Å². The van der Waals surface area contributed by atoms with E-state index in [1.165, 1.54) is 90.0 Å². The van der Waals surface area contributed by atoms with Gasteiger partial charge in [0, 0.05) is 25.0 Å². The van der Waals surface area contributed by atoms with Crippen LogP contribution in [0.15, 0.2) is 0 Å². The van der Waals surface area contributed by atoms with Crippen LogP contribution in [0, 0.1) is 21.7 Å². The first-order chi connectivity index (χ1) is 39.1. The van der Waals surface area contributed by atoms with Crippen LogP contribution in [0.2, 0.25) is 0 Å². The van der Waals surface area contributed by atoms with Crippen molar-refractivity contribution < 1.29 is 105 Å². The van der Waals surface area contributed by atoms with Crippen LogP contribution in [-0.2, 0) is 95.3 Å². The third-order valence-electron chi connectivity index (χ3n) is 12.0. The van der Waals surface area contributed by atoms with E-state index in [1.54, 1.807) is 13.8 Å². The Labute approximate surface area is 561 Å². The third kappa shape index (κ3) is 33.4. The Morgan fingerprint density at radius 2 is 0.593 bits per heavy atom. The van der Waals surface area contributed by atoms with Gasteiger partial charge in [0.25, 0.3) is 0 Å². The van der Waals surface area contributed by atoms with E-state index in [2.05, 4.69) is 95.6 Å². The maximum atomic E-state index is 14.8. The number of aliphatic hydroxyl groups excluding tert-OH is 2. The molecule has 0 aromatic rings. The Balaban J connectivity index is 7.72. The molecule has 0 rings (SSSR count). The molecule has 0 aromatic carbocycles. The minimum absolute atomic E-state index is 0.0186. The Bertz CT molecular complexity index is 1910. The molecule has 2 atom stereocenters. The van der Waals surface area contributed by atoms with Gasteiger partial charge in [0.15, 0.2) is 0 Å². The Kier molecular flexibility index (Phi) is 36.7. The van der Waals surface area contributed by atoms with Crippen LogP contribution in [-0.4, -0.2) is 227 Å². The summed E-state index contributed by atoms with van der Waals surface area (Å²) in [5.74, 6) is -6.94. The van der Waals surface area contributed by atoms with E-state index in [4.69, 9.17) is 57.2 Å². The van der Waals surface area contributed by atoms with Crippen molar-refractivity contribution in [2.24, 2.45) is 21.7 Å². The SMILES string of the molecule is CC(C)(Br)C(=O)OCC(C)(COC(=O)C(C)(C)Br)C(=O)NCC(CNC(=O)C(C)(COC(=O)C(C)(C)Br)COC(=O)C(C)(C)Br)(CNC(=O)C(C)(COC(=O)C(C)(C)Br)COC(=O)C(C)(C)I)COCCOCCOCCOCCOCC(O)CO. The summed E-state index contributed by atoms with van der Waals surface area (Å²) in [5, 5.41) is 26.8. The number of esters is 6. The lowest BCUT2D eigenvalue weighted by Crippen LogP contribution is -2.59. The third-order valence-corrected chi connectivity index (χ3v) is 14.0. The standard InChI is InChI=1S/C55H91Br5IN3O22/c1-46(2,56)40(70)81-29-52(13,30-82-41(71)47(3,4)57)37(67)62-26-55(35-80-23-21-78-19-17-76-16-18-77-20-22-79-25-36(66)24-65,27-63-38(68)53(14,31-83-42(72)48(5,6)58)32-84-43(73)49(7,8)59)28-64-39(69)54(15,33-85-44(74)50(9,10)60)34-86-45(75)51(11,12)61/h36,65-66H,16-35H2,1-15H3,(H,62,67)(H,63,68)(H,64,69). The Morgan fingerprint density at radius 3 is 0.814 bits per heavy atom. The van der Waals surface area contributed by atoms with Gasteiger partial charge < -0.3 is 78.3 Å². The fraction of sp³-hybridized carbons (Fsp3) is 0.836. The lowest BCUT2D eigenvalue weighted by atomic mass is 9.84. The number of carbonyl (C=O) groups excluding carboxylic acids is 9. The zero-order valence-corrected chi connectivity index (χ0v) is 62.1. The number of alkyl halides is 6. The first kappa shape index (κ1) is 84.1. The highest BCUT2D eigenvalue weighted by Crippen LogP contribution is 2.30. The highest BCUT2D eigenvalue weighted by atomic mass is 127. The molecular formula is C55H91Br5IN3O22. The molecule has 31 heteroatoms. The number of carbonyl (C=O) groups is 9. The second-order valence-corrected chi connectivity index (χ2v) is 36.9. The number of hydrogen-bond donors (Lipinski definition) is 5. The van der Waals surface area contributed by atoms with Crippen LogP contribution < -0.4 is 16.0 Å². The second-order valence-electron chi connectivity index (χ2n) is 24.3. The number of aliphatic hydroxyl groups is 2. The molecule has 0 radical (unpaired) electrons.